The van der Waals surface area contributed by atoms with Gasteiger partial charge in [-0.25, -0.2) is 4.39 Å². The number of rotatable bonds is 5. The van der Waals surface area contributed by atoms with E-state index in [4.69, 9.17) is 10.5 Å². The molecule has 2 aromatic carbocycles. The van der Waals surface area contributed by atoms with Crippen molar-refractivity contribution >= 4 is 31.9 Å². The highest BCUT2D eigenvalue weighted by Gasteiger charge is 2.15. The number of ether oxygens (including phenoxy) is 1. The number of halogens is 3. The first-order valence-corrected chi connectivity index (χ1v) is 8.24. The van der Waals surface area contributed by atoms with Crippen LogP contribution >= 0.6 is 31.9 Å². The smallest absolute Gasteiger partial charge is 0.133 e. The average molecular weight is 417 g/mol. The summed E-state index contributed by atoms with van der Waals surface area (Å²) in [5.74, 6) is 0.454. The lowest BCUT2D eigenvalue weighted by Gasteiger charge is -2.16. The standard InChI is InChI=1S/C16H16Br2FNO/c1-2-7-21-15-6-3-10(8-13(15)18)16(20)12-9-11(17)4-5-14(12)19/h3-6,8-9,16H,2,7,20H2,1H3. The Morgan fingerprint density at radius 3 is 2.62 bits per heavy atom. The second-order valence-corrected chi connectivity index (χ2v) is 6.45. The van der Waals surface area contributed by atoms with Crippen molar-refractivity contribution in [2.24, 2.45) is 5.73 Å². The van der Waals surface area contributed by atoms with Gasteiger partial charge in [0.05, 0.1) is 17.1 Å². The van der Waals surface area contributed by atoms with Crippen LogP contribution in [0.25, 0.3) is 0 Å². The molecule has 0 heterocycles. The summed E-state index contributed by atoms with van der Waals surface area (Å²) in [6, 6.07) is 9.83. The molecule has 0 radical (unpaired) electrons. The molecule has 0 aliphatic carbocycles. The number of hydrogen-bond donors (Lipinski definition) is 1. The summed E-state index contributed by atoms with van der Waals surface area (Å²) in [7, 11) is 0. The molecule has 0 aromatic heterocycles. The van der Waals surface area contributed by atoms with Crippen molar-refractivity contribution in [1.29, 1.82) is 0 Å². The fraction of sp³-hybridized carbons (Fsp3) is 0.250. The third-order valence-electron chi connectivity index (χ3n) is 3.07. The molecule has 1 unspecified atom stereocenters. The molecule has 2 nitrogen and oxygen atoms in total. The van der Waals surface area contributed by atoms with E-state index in [1.54, 1.807) is 12.1 Å². The second-order valence-electron chi connectivity index (χ2n) is 4.68. The maximum absolute atomic E-state index is 13.9. The van der Waals surface area contributed by atoms with Crippen LogP contribution in [0.4, 0.5) is 4.39 Å². The molecule has 2 aromatic rings. The van der Waals surface area contributed by atoms with Gasteiger partial charge in [0.1, 0.15) is 11.6 Å². The molecule has 1 atom stereocenters. The maximum Gasteiger partial charge on any atom is 0.133 e. The molecular weight excluding hydrogens is 401 g/mol. The highest BCUT2D eigenvalue weighted by Crippen LogP contribution is 2.31. The topological polar surface area (TPSA) is 35.2 Å². The third kappa shape index (κ3) is 4.05. The molecule has 0 saturated heterocycles. The van der Waals surface area contributed by atoms with E-state index in [1.807, 2.05) is 25.1 Å². The normalized spacial score (nSPS) is 12.2. The minimum absolute atomic E-state index is 0.312. The van der Waals surface area contributed by atoms with Crippen molar-refractivity contribution in [2.45, 2.75) is 19.4 Å². The van der Waals surface area contributed by atoms with E-state index in [0.717, 1.165) is 26.7 Å². The van der Waals surface area contributed by atoms with Crippen molar-refractivity contribution in [3.63, 3.8) is 0 Å². The summed E-state index contributed by atoms with van der Waals surface area (Å²) >= 11 is 6.81. The third-order valence-corrected chi connectivity index (χ3v) is 4.18. The molecule has 0 fully saturated rings. The summed E-state index contributed by atoms with van der Waals surface area (Å²) in [5, 5.41) is 0. The fourth-order valence-electron chi connectivity index (χ4n) is 1.97. The van der Waals surface area contributed by atoms with Crippen LogP contribution in [0.1, 0.15) is 30.5 Å². The summed E-state index contributed by atoms with van der Waals surface area (Å²) in [5.41, 5.74) is 7.46. The SMILES string of the molecule is CCCOc1ccc(C(N)c2cc(Br)ccc2F)cc1Br. The quantitative estimate of drug-likeness (QED) is 0.727. The van der Waals surface area contributed by atoms with Gasteiger partial charge >= 0.3 is 0 Å². The van der Waals surface area contributed by atoms with Crippen LogP contribution in [0, 0.1) is 5.82 Å². The largest absolute Gasteiger partial charge is 0.492 e. The van der Waals surface area contributed by atoms with Crippen LogP contribution in [0.3, 0.4) is 0 Å². The molecule has 0 spiro atoms. The highest BCUT2D eigenvalue weighted by molar-refractivity contribution is 9.10. The van der Waals surface area contributed by atoms with Crippen LogP contribution in [-0.4, -0.2) is 6.61 Å². The molecule has 0 aliphatic heterocycles. The van der Waals surface area contributed by atoms with Crippen molar-refractivity contribution in [3.05, 3.63) is 62.3 Å². The lowest BCUT2D eigenvalue weighted by Crippen LogP contribution is -2.13. The second kappa shape index (κ2) is 7.38. The predicted molar refractivity (Wildman–Crippen MR) is 90.1 cm³/mol. The zero-order valence-electron chi connectivity index (χ0n) is 11.6. The molecule has 2 N–H and O–H groups in total. The Kier molecular flexibility index (Phi) is 5.79. The Morgan fingerprint density at radius 2 is 1.95 bits per heavy atom. The first-order chi connectivity index (χ1) is 10.0. The maximum atomic E-state index is 13.9. The summed E-state index contributed by atoms with van der Waals surface area (Å²) < 4.78 is 21.1. The van der Waals surface area contributed by atoms with Gasteiger partial charge in [-0.1, -0.05) is 28.9 Å². The summed E-state index contributed by atoms with van der Waals surface area (Å²) in [6.07, 6.45) is 0.941. The zero-order valence-corrected chi connectivity index (χ0v) is 14.7. The summed E-state index contributed by atoms with van der Waals surface area (Å²) in [4.78, 5) is 0. The van der Waals surface area contributed by atoms with Gasteiger partial charge in [-0.15, -0.1) is 0 Å². The Balaban J connectivity index is 2.29. The van der Waals surface area contributed by atoms with Gasteiger partial charge in [-0.3, -0.25) is 0 Å². The fourth-order valence-corrected chi connectivity index (χ4v) is 2.86. The zero-order chi connectivity index (χ0) is 15.4. The van der Waals surface area contributed by atoms with Gasteiger partial charge in [-0.05, 0) is 58.2 Å². The molecule has 0 bridgehead atoms. The Morgan fingerprint density at radius 1 is 1.19 bits per heavy atom. The van der Waals surface area contributed by atoms with Gasteiger partial charge in [0.15, 0.2) is 0 Å². The van der Waals surface area contributed by atoms with E-state index in [0.29, 0.717) is 12.2 Å². The van der Waals surface area contributed by atoms with Gasteiger partial charge in [0, 0.05) is 10.0 Å². The number of hydrogen-bond acceptors (Lipinski definition) is 2. The average Bonchev–Trinajstić information content (AvgIpc) is 2.47. The monoisotopic (exact) mass is 415 g/mol. The molecule has 0 amide bonds. The Hall–Kier alpha value is -0.910. The lowest BCUT2D eigenvalue weighted by atomic mass is 9.99. The first-order valence-electron chi connectivity index (χ1n) is 6.65. The van der Waals surface area contributed by atoms with E-state index in [-0.39, 0.29) is 5.82 Å². The van der Waals surface area contributed by atoms with Crippen LogP contribution < -0.4 is 10.5 Å². The van der Waals surface area contributed by atoms with Gasteiger partial charge in [0.2, 0.25) is 0 Å². The van der Waals surface area contributed by atoms with E-state index < -0.39 is 6.04 Å². The molecule has 112 valence electrons. The van der Waals surface area contributed by atoms with Crippen molar-refractivity contribution in [2.75, 3.05) is 6.61 Å². The van der Waals surface area contributed by atoms with Gasteiger partial charge < -0.3 is 10.5 Å². The molecule has 21 heavy (non-hydrogen) atoms. The highest BCUT2D eigenvalue weighted by atomic mass is 79.9. The minimum Gasteiger partial charge on any atom is -0.492 e. The van der Waals surface area contributed by atoms with Crippen molar-refractivity contribution < 1.29 is 9.13 Å². The first kappa shape index (κ1) is 16.5. The van der Waals surface area contributed by atoms with Gasteiger partial charge in [0.25, 0.3) is 0 Å². The van der Waals surface area contributed by atoms with E-state index in [2.05, 4.69) is 31.9 Å². The summed E-state index contributed by atoms with van der Waals surface area (Å²) in [6.45, 7) is 2.71. The molecule has 2 rings (SSSR count). The van der Waals surface area contributed by atoms with Crippen molar-refractivity contribution in [1.82, 2.24) is 0 Å². The Bertz CT molecular complexity index is 634. The number of nitrogens with two attached hydrogens (primary N) is 1. The van der Waals surface area contributed by atoms with Crippen LogP contribution in [0.5, 0.6) is 5.75 Å². The predicted octanol–water partition coefficient (Wildman–Crippen LogP) is 5.19. The van der Waals surface area contributed by atoms with Crippen LogP contribution in [-0.2, 0) is 0 Å². The lowest BCUT2D eigenvalue weighted by molar-refractivity contribution is 0.315. The van der Waals surface area contributed by atoms with Crippen LogP contribution in [0.2, 0.25) is 0 Å². The van der Waals surface area contributed by atoms with Gasteiger partial charge in [-0.2, -0.15) is 0 Å². The number of benzene rings is 2. The molecule has 0 aliphatic rings. The molecule has 0 saturated carbocycles. The molecular formula is C16H16Br2FNO. The van der Waals surface area contributed by atoms with E-state index >= 15 is 0 Å². The van der Waals surface area contributed by atoms with E-state index in [1.165, 1.54) is 6.07 Å². The molecule has 5 heteroatoms. The minimum atomic E-state index is -0.529. The Labute approximate surface area is 140 Å². The van der Waals surface area contributed by atoms with Crippen LogP contribution in [0.15, 0.2) is 45.3 Å². The van der Waals surface area contributed by atoms with Crippen molar-refractivity contribution in [3.8, 4) is 5.75 Å². The van der Waals surface area contributed by atoms with E-state index in [9.17, 15) is 4.39 Å².